The molecule has 0 saturated carbocycles. The number of hydrogen-bond acceptors (Lipinski definition) is 5. The summed E-state index contributed by atoms with van der Waals surface area (Å²) in [5, 5.41) is 8.30. The molecule has 0 bridgehead atoms. The number of thioether (sulfide) groups is 1. The molecule has 2 aromatic heterocycles. The molecule has 1 atom stereocenters. The largest absolute Gasteiger partial charge is 0.309 e. The highest BCUT2D eigenvalue weighted by Crippen LogP contribution is 2.43. The van der Waals surface area contributed by atoms with Gasteiger partial charge in [-0.25, -0.2) is 9.97 Å². The van der Waals surface area contributed by atoms with E-state index >= 15 is 0 Å². The molecule has 1 aliphatic rings. The van der Waals surface area contributed by atoms with Crippen LogP contribution in [0.25, 0.3) is 5.95 Å². The van der Waals surface area contributed by atoms with Crippen LogP contribution in [0.3, 0.4) is 0 Å². The van der Waals surface area contributed by atoms with E-state index in [1.807, 2.05) is 51.1 Å². The van der Waals surface area contributed by atoms with Gasteiger partial charge in [0.05, 0.1) is 16.7 Å². The predicted molar refractivity (Wildman–Crippen MR) is 108 cm³/mol. The molecule has 1 N–H and O–H groups in total. The number of amides is 1. The van der Waals surface area contributed by atoms with Gasteiger partial charge in [-0.05, 0) is 44.5 Å². The lowest BCUT2D eigenvalue weighted by Gasteiger charge is -2.15. The summed E-state index contributed by atoms with van der Waals surface area (Å²) in [4.78, 5) is 21.4. The van der Waals surface area contributed by atoms with Crippen molar-refractivity contribution in [2.24, 2.45) is 0 Å². The second kappa shape index (κ2) is 6.98. The van der Waals surface area contributed by atoms with Gasteiger partial charge < -0.3 is 5.32 Å². The van der Waals surface area contributed by atoms with Crippen LogP contribution in [0.15, 0.2) is 30.3 Å². The smallest absolute Gasteiger partial charge is 0.252 e. The zero-order valence-corrected chi connectivity index (χ0v) is 16.7. The van der Waals surface area contributed by atoms with Crippen LogP contribution in [0.4, 0.5) is 5.82 Å². The van der Waals surface area contributed by atoms with E-state index in [1.165, 1.54) is 0 Å². The number of fused-ring (bicyclic) bond motifs is 1. The van der Waals surface area contributed by atoms with Crippen LogP contribution in [-0.4, -0.2) is 31.4 Å². The second-order valence-electron chi connectivity index (χ2n) is 6.50. The first-order chi connectivity index (χ1) is 12.9. The van der Waals surface area contributed by atoms with Gasteiger partial charge in [-0.15, -0.1) is 11.8 Å². The number of aryl methyl sites for hydroxylation is 3. The molecule has 138 valence electrons. The Balaban J connectivity index is 1.90. The van der Waals surface area contributed by atoms with Crippen LogP contribution in [0.5, 0.6) is 0 Å². The lowest BCUT2D eigenvalue weighted by Crippen LogP contribution is -2.17. The van der Waals surface area contributed by atoms with Crippen molar-refractivity contribution >= 4 is 35.1 Å². The topological polar surface area (TPSA) is 72.7 Å². The third-order valence-corrected chi connectivity index (χ3v) is 5.86. The van der Waals surface area contributed by atoms with Crippen molar-refractivity contribution in [1.29, 1.82) is 0 Å². The predicted octanol–water partition coefficient (Wildman–Crippen LogP) is 4.02. The van der Waals surface area contributed by atoms with E-state index in [0.29, 0.717) is 22.5 Å². The highest BCUT2D eigenvalue weighted by atomic mass is 35.5. The number of rotatable bonds is 2. The molecular formula is C19H18ClN5OS. The Morgan fingerprint density at radius 3 is 2.48 bits per heavy atom. The average Bonchev–Trinajstić information content (AvgIpc) is 2.81. The first-order valence-electron chi connectivity index (χ1n) is 8.51. The molecule has 6 nitrogen and oxygen atoms in total. The molecule has 0 saturated heterocycles. The number of anilines is 1. The Bertz CT molecular complexity index is 1010. The van der Waals surface area contributed by atoms with Crippen molar-refractivity contribution in [3.05, 3.63) is 63.6 Å². The fourth-order valence-electron chi connectivity index (χ4n) is 3.23. The van der Waals surface area contributed by atoms with Crippen molar-refractivity contribution in [2.45, 2.75) is 26.0 Å². The minimum atomic E-state index is -0.0664. The van der Waals surface area contributed by atoms with Crippen molar-refractivity contribution in [3.63, 3.8) is 0 Å². The fraction of sp³-hybridized carbons (Fsp3) is 0.263. The van der Waals surface area contributed by atoms with Crippen LogP contribution >= 0.6 is 23.4 Å². The molecule has 27 heavy (non-hydrogen) atoms. The molecule has 3 heterocycles. The van der Waals surface area contributed by atoms with Crippen molar-refractivity contribution in [1.82, 2.24) is 19.7 Å². The monoisotopic (exact) mass is 399 g/mol. The maximum absolute atomic E-state index is 12.4. The number of aromatic nitrogens is 4. The van der Waals surface area contributed by atoms with E-state index in [-0.39, 0.29) is 11.2 Å². The fourth-order valence-corrected chi connectivity index (χ4v) is 4.55. The summed E-state index contributed by atoms with van der Waals surface area (Å²) in [5.74, 6) is 1.38. The van der Waals surface area contributed by atoms with E-state index < -0.39 is 0 Å². The van der Waals surface area contributed by atoms with Gasteiger partial charge in [-0.2, -0.15) is 9.78 Å². The molecule has 1 amide bonds. The highest BCUT2D eigenvalue weighted by molar-refractivity contribution is 8.00. The first kappa shape index (κ1) is 18.0. The molecule has 0 unspecified atom stereocenters. The Labute approximate surface area is 166 Å². The van der Waals surface area contributed by atoms with E-state index in [2.05, 4.69) is 20.4 Å². The molecule has 0 aliphatic carbocycles. The van der Waals surface area contributed by atoms with Crippen LogP contribution in [0.2, 0.25) is 5.02 Å². The molecule has 4 rings (SSSR count). The van der Waals surface area contributed by atoms with E-state index in [1.54, 1.807) is 16.4 Å². The summed E-state index contributed by atoms with van der Waals surface area (Å²) in [5.41, 5.74) is 4.58. The van der Waals surface area contributed by atoms with Gasteiger partial charge in [0.25, 0.3) is 5.95 Å². The third-order valence-electron chi connectivity index (χ3n) is 4.34. The van der Waals surface area contributed by atoms with Crippen LogP contribution in [0.1, 0.15) is 33.5 Å². The Kier molecular flexibility index (Phi) is 4.65. The summed E-state index contributed by atoms with van der Waals surface area (Å²) in [6.07, 6.45) is 0. The van der Waals surface area contributed by atoms with Gasteiger partial charge in [0, 0.05) is 22.0 Å². The lowest BCUT2D eigenvalue weighted by atomic mass is 10.0. The normalized spacial score (nSPS) is 16.6. The first-order valence-corrected chi connectivity index (χ1v) is 9.94. The maximum Gasteiger partial charge on any atom is 0.252 e. The number of nitrogens with zero attached hydrogens (tertiary/aromatic N) is 4. The van der Waals surface area contributed by atoms with Gasteiger partial charge in [-0.1, -0.05) is 23.7 Å². The molecule has 1 aliphatic heterocycles. The van der Waals surface area contributed by atoms with E-state index in [9.17, 15) is 4.79 Å². The summed E-state index contributed by atoms with van der Waals surface area (Å²) in [6, 6.07) is 9.62. The standard InChI is InChI=1S/C19H18ClN5OS/c1-10-8-11(2)22-19(21-10)25-18-16(12(3)24-25)17(27-9-15(26)23-18)13-4-6-14(20)7-5-13/h4-8,17H,9H2,1-3H3,(H,23,26)/t17-/m1/s1. The number of hydrogen-bond donors (Lipinski definition) is 1. The molecule has 0 fully saturated rings. The number of carbonyl (C=O) groups is 1. The minimum absolute atomic E-state index is 0.0316. The Morgan fingerprint density at radius 2 is 1.81 bits per heavy atom. The van der Waals surface area contributed by atoms with Gasteiger partial charge in [0.15, 0.2) is 0 Å². The van der Waals surface area contributed by atoms with Crippen molar-refractivity contribution < 1.29 is 4.79 Å². The van der Waals surface area contributed by atoms with Crippen LogP contribution < -0.4 is 5.32 Å². The van der Waals surface area contributed by atoms with E-state index in [4.69, 9.17) is 11.6 Å². The molecule has 1 aromatic carbocycles. The quantitative estimate of drug-likeness (QED) is 0.704. The summed E-state index contributed by atoms with van der Waals surface area (Å²) >= 11 is 7.62. The minimum Gasteiger partial charge on any atom is -0.309 e. The van der Waals surface area contributed by atoms with Gasteiger partial charge >= 0.3 is 0 Å². The molecule has 0 spiro atoms. The number of nitrogens with one attached hydrogen (secondary N) is 1. The second-order valence-corrected chi connectivity index (χ2v) is 8.03. The third kappa shape index (κ3) is 3.44. The number of carbonyl (C=O) groups excluding carboxylic acids is 1. The zero-order chi connectivity index (χ0) is 19.1. The summed E-state index contributed by atoms with van der Waals surface area (Å²) in [7, 11) is 0. The van der Waals surface area contributed by atoms with Gasteiger partial charge in [-0.3, -0.25) is 4.79 Å². The lowest BCUT2D eigenvalue weighted by molar-refractivity contribution is -0.113. The van der Waals surface area contributed by atoms with Crippen molar-refractivity contribution in [3.8, 4) is 5.95 Å². The maximum atomic E-state index is 12.4. The summed E-state index contributed by atoms with van der Waals surface area (Å²) in [6.45, 7) is 5.77. The Morgan fingerprint density at radius 1 is 1.15 bits per heavy atom. The van der Waals surface area contributed by atoms with Crippen LogP contribution in [0, 0.1) is 20.8 Å². The van der Waals surface area contributed by atoms with Gasteiger partial charge in [0.1, 0.15) is 5.82 Å². The number of benzene rings is 1. The SMILES string of the molecule is Cc1cc(C)nc(-n2nc(C)c3c2NC(=O)CS[C@@H]3c2ccc(Cl)cc2)n1. The molecule has 8 heteroatoms. The summed E-state index contributed by atoms with van der Waals surface area (Å²) < 4.78 is 1.64. The molecule has 3 aromatic rings. The van der Waals surface area contributed by atoms with Crippen molar-refractivity contribution in [2.75, 3.05) is 11.1 Å². The van der Waals surface area contributed by atoms with Crippen LogP contribution in [-0.2, 0) is 4.79 Å². The van der Waals surface area contributed by atoms with E-state index in [0.717, 1.165) is 28.2 Å². The Hall–Kier alpha value is -2.38. The average molecular weight is 400 g/mol. The molecular weight excluding hydrogens is 382 g/mol. The molecule has 0 radical (unpaired) electrons. The highest BCUT2D eigenvalue weighted by Gasteiger charge is 2.31. The number of halogens is 1. The zero-order valence-electron chi connectivity index (χ0n) is 15.2. The van der Waals surface area contributed by atoms with Gasteiger partial charge in [0.2, 0.25) is 5.91 Å².